The van der Waals surface area contributed by atoms with E-state index in [2.05, 4.69) is 15.5 Å². The van der Waals surface area contributed by atoms with Crippen LogP contribution in [-0.4, -0.2) is 45.8 Å². The molecule has 1 aliphatic rings. The number of hydrogen-bond donors (Lipinski definition) is 1. The summed E-state index contributed by atoms with van der Waals surface area (Å²) in [5, 5.41) is 11.3. The first-order chi connectivity index (χ1) is 12.1. The quantitative estimate of drug-likeness (QED) is 0.641. The van der Waals surface area contributed by atoms with Gasteiger partial charge in [-0.3, -0.25) is 14.9 Å². The van der Waals surface area contributed by atoms with Gasteiger partial charge in [0, 0.05) is 18.7 Å². The number of amides is 2. The van der Waals surface area contributed by atoms with Gasteiger partial charge in [-0.1, -0.05) is 41.3 Å². The lowest BCUT2D eigenvalue weighted by Crippen LogP contribution is -2.36. The van der Waals surface area contributed by atoms with Crippen LogP contribution in [0.4, 0.5) is 5.13 Å². The Hall–Kier alpha value is -1.93. The largest absolute Gasteiger partial charge is 0.342 e. The second kappa shape index (κ2) is 8.44. The van der Waals surface area contributed by atoms with Crippen molar-refractivity contribution in [3.63, 3.8) is 0 Å². The summed E-state index contributed by atoms with van der Waals surface area (Å²) in [4.78, 5) is 26.4. The zero-order valence-corrected chi connectivity index (χ0v) is 15.7. The number of carbonyl (C=O) groups is 2. The molecule has 0 unspecified atom stereocenters. The lowest BCUT2D eigenvalue weighted by Gasteiger charge is -2.26. The summed E-state index contributed by atoms with van der Waals surface area (Å²) in [6.45, 7) is 3.60. The zero-order valence-electron chi connectivity index (χ0n) is 14.0. The van der Waals surface area contributed by atoms with Crippen LogP contribution < -0.4 is 5.32 Å². The molecule has 0 saturated carbocycles. The predicted octanol–water partition coefficient (Wildman–Crippen LogP) is 3.20. The van der Waals surface area contributed by atoms with Crippen molar-refractivity contribution < 1.29 is 9.59 Å². The Balaban J connectivity index is 1.53. The highest BCUT2D eigenvalue weighted by Crippen LogP contribution is 2.26. The zero-order chi connectivity index (χ0) is 17.6. The van der Waals surface area contributed by atoms with E-state index in [1.54, 1.807) is 6.07 Å². The summed E-state index contributed by atoms with van der Waals surface area (Å²) >= 11 is 2.66. The van der Waals surface area contributed by atoms with E-state index in [9.17, 15) is 9.59 Å². The Bertz CT molecular complexity index is 757. The van der Waals surface area contributed by atoms with E-state index in [-0.39, 0.29) is 11.8 Å². The summed E-state index contributed by atoms with van der Waals surface area (Å²) in [5.74, 6) is 0.306. The van der Waals surface area contributed by atoms with Crippen molar-refractivity contribution >= 4 is 40.0 Å². The number of carbonyl (C=O) groups excluding carboxylic acids is 2. The van der Waals surface area contributed by atoms with E-state index in [0.29, 0.717) is 20.8 Å². The molecule has 132 valence electrons. The van der Waals surface area contributed by atoms with Crippen LogP contribution in [0.1, 0.15) is 35.2 Å². The Morgan fingerprint density at radius 2 is 1.96 bits per heavy atom. The van der Waals surface area contributed by atoms with Gasteiger partial charge in [-0.15, -0.1) is 10.2 Å². The Morgan fingerprint density at radius 1 is 1.20 bits per heavy atom. The molecule has 25 heavy (non-hydrogen) atoms. The van der Waals surface area contributed by atoms with Gasteiger partial charge in [-0.25, -0.2) is 0 Å². The van der Waals surface area contributed by atoms with Crippen LogP contribution in [0.25, 0.3) is 0 Å². The van der Waals surface area contributed by atoms with Gasteiger partial charge < -0.3 is 4.90 Å². The summed E-state index contributed by atoms with van der Waals surface area (Å²) in [7, 11) is 0. The molecule has 1 N–H and O–H groups in total. The van der Waals surface area contributed by atoms with E-state index >= 15 is 0 Å². The first-order valence-corrected chi connectivity index (χ1v) is 10.0. The number of aromatic nitrogens is 2. The van der Waals surface area contributed by atoms with Crippen molar-refractivity contribution in [1.29, 1.82) is 0 Å². The fraction of sp³-hybridized carbons (Fsp3) is 0.412. The van der Waals surface area contributed by atoms with Crippen molar-refractivity contribution in [2.45, 2.75) is 30.5 Å². The topological polar surface area (TPSA) is 75.2 Å². The fourth-order valence-electron chi connectivity index (χ4n) is 2.67. The number of nitrogens with zero attached hydrogens (tertiary/aromatic N) is 3. The Morgan fingerprint density at radius 3 is 2.72 bits per heavy atom. The third kappa shape index (κ3) is 4.79. The van der Waals surface area contributed by atoms with Crippen LogP contribution in [0.3, 0.4) is 0 Å². The van der Waals surface area contributed by atoms with Crippen molar-refractivity contribution in [3.05, 3.63) is 35.4 Å². The van der Waals surface area contributed by atoms with Crippen LogP contribution in [0, 0.1) is 6.92 Å². The summed E-state index contributed by atoms with van der Waals surface area (Å²) < 4.78 is 0.686. The highest BCUT2D eigenvalue weighted by atomic mass is 32.2. The van der Waals surface area contributed by atoms with Crippen LogP contribution >= 0.6 is 23.1 Å². The molecule has 1 aromatic carbocycles. The molecule has 2 amide bonds. The number of benzene rings is 1. The van der Waals surface area contributed by atoms with Gasteiger partial charge in [0.2, 0.25) is 11.0 Å². The van der Waals surface area contributed by atoms with Gasteiger partial charge in [0.25, 0.3) is 5.91 Å². The summed E-state index contributed by atoms with van der Waals surface area (Å²) in [5.41, 5.74) is 1.53. The number of likely N-dealkylation sites (tertiary alicyclic amines) is 1. The van der Waals surface area contributed by atoms with Gasteiger partial charge in [0.1, 0.15) is 0 Å². The SMILES string of the molecule is Cc1ccccc1C(=O)Nc1nnc(SCC(=O)N2CCCCC2)s1. The van der Waals surface area contributed by atoms with Crippen LogP contribution in [0.2, 0.25) is 0 Å². The molecule has 0 spiro atoms. The van der Waals surface area contributed by atoms with Crippen LogP contribution in [0.15, 0.2) is 28.6 Å². The molecule has 0 bridgehead atoms. The second-order valence-electron chi connectivity index (χ2n) is 5.87. The van der Waals surface area contributed by atoms with Gasteiger partial charge >= 0.3 is 0 Å². The standard InChI is InChI=1S/C17H20N4O2S2/c1-12-7-3-4-8-13(12)15(23)18-16-19-20-17(25-16)24-11-14(22)21-9-5-2-6-10-21/h3-4,7-8H,2,5-6,9-11H2,1H3,(H,18,19,23). The Labute approximate surface area is 155 Å². The first-order valence-electron chi connectivity index (χ1n) is 8.24. The van der Waals surface area contributed by atoms with Gasteiger partial charge in [0.15, 0.2) is 4.34 Å². The monoisotopic (exact) mass is 376 g/mol. The van der Waals surface area contributed by atoms with Crippen molar-refractivity contribution in [1.82, 2.24) is 15.1 Å². The summed E-state index contributed by atoms with van der Waals surface area (Å²) in [6, 6.07) is 7.39. The molecule has 0 aliphatic carbocycles. The second-order valence-corrected chi connectivity index (χ2v) is 8.07. The molecule has 0 atom stereocenters. The van der Waals surface area contributed by atoms with E-state index in [1.165, 1.54) is 29.5 Å². The average molecular weight is 377 g/mol. The molecule has 1 fully saturated rings. The maximum absolute atomic E-state index is 12.3. The highest BCUT2D eigenvalue weighted by Gasteiger charge is 2.18. The maximum Gasteiger partial charge on any atom is 0.257 e. The average Bonchev–Trinajstić information content (AvgIpc) is 3.08. The minimum Gasteiger partial charge on any atom is -0.342 e. The van der Waals surface area contributed by atoms with Crippen molar-refractivity contribution in [2.75, 3.05) is 24.2 Å². The smallest absolute Gasteiger partial charge is 0.257 e. The number of aryl methyl sites for hydroxylation is 1. The molecule has 2 heterocycles. The number of rotatable bonds is 5. The normalized spacial score (nSPS) is 14.4. The number of hydrogen-bond acceptors (Lipinski definition) is 6. The highest BCUT2D eigenvalue weighted by molar-refractivity contribution is 8.01. The third-order valence-corrected chi connectivity index (χ3v) is 6.00. The molecule has 8 heteroatoms. The van der Waals surface area contributed by atoms with Gasteiger partial charge in [-0.2, -0.15) is 0 Å². The number of thioether (sulfide) groups is 1. The van der Waals surface area contributed by atoms with E-state index in [1.807, 2.05) is 30.0 Å². The molecule has 0 radical (unpaired) electrons. The molecule has 1 aliphatic heterocycles. The molecule has 1 aromatic heterocycles. The molecule has 6 nitrogen and oxygen atoms in total. The number of piperidine rings is 1. The molecule has 2 aromatic rings. The number of nitrogens with one attached hydrogen (secondary N) is 1. The third-order valence-electron chi connectivity index (χ3n) is 4.04. The predicted molar refractivity (Wildman–Crippen MR) is 100 cm³/mol. The minimum absolute atomic E-state index is 0.144. The van der Waals surface area contributed by atoms with E-state index in [4.69, 9.17) is 0 Å². The van der Waals surface area contributed by atoms with Crippen molar-refractivity contribution in [3.8, 4) is 0 Å². The van der Waals surface area contributed by atoms with Gasteiger partial charge in [-0.05, 0) is 37.8 Å². The van der Waals surface area contributed by atoms with E-state index < -0.39 is 0 Å². The summed E-state index contributed by atoms with van der Waals surface area (Å²) in [6.07, 6.45) is 3.38. The lowest BCUT2D eigenvalue weighted by molar-refractivity contribution is -0.129. The molecular formula is C17H20N4O2S2. The Kier molecular flexibility index (Phi) is 6.04. The lowest BCUT2D eigenvalue weighted by atomic mass is 10.1. The molecular weight excluding hydrogens is 356 g/mol. The molecule has 1 saturated heterocycles. The minimum atomic E-state index is -0.199. The first kappa shape index (κ1) is 17.9. The van der Waals surface area contributed by atoms with Crippen molar-refractivity contribution in [2.24, 2.45) is 0 Å². The number of anilines is 1. The van der Waals surface area contributed by atoms with Gasteiger partial charge in [0.05, 0.1) is 5.75 Å². The van der Waals surface area contributed by atoms with Crippen LogP contribution in [0.5, 0.6) is 0 Å². The fourth-order valence-corrected chi connectivity index (χ4v) is 4.32. The molecule has 3 rings (SSSR count). The van der Waals surface area contributed by atoms with E-state index in [0.717, 1.165) is 31.5 Å². The maximum atomic E-state index is 12.3. The van der Waals surface area contributed by atoms with Crippen LogP contribution in [-0.2, 0) is 4.79 Å².